The third kappa shape index (κ3) is 14.4. The van der Waals surface area contributed by atoms with Crippen molar-refractivity contribution in [3.05, 3.63) is 47.7 Å². The molecule has 0 radical (unpaired) electrons. The molecule has 2 aromatic heterocycles. The lowest BCUT2D eigenvalue weighted by molar-refractivity contribution is -0.753. The van der Waals surface area contributed by atoms with Crippen LogP contribution in [0.4, 0.5) is 14.7 Å². The molecule has 0 aliphatic carbocycles. The van der Waals surface area contributed by atoms with Crippen molar-refractivity contribution in [1.82, 2.24) is 24.6 Å². The molecule has 4 rings (SSSR count). The first-order valence-corrected chi connectivity index (χ1v) is 22.1. The number of hydrogen-bond acceptors (Lipinski definition) is 15. The van der Waals surface area contributed by atoms with Gasteiger partial charge in [-0.05, 0) is 100 Å². The summed E-state index contributed by atoms with van der Waals surface area (Å²) in [6.07, 6.45) is 3.26. The summed E-state index contributed by atoms with van der Waals surface area (Å²) in [5.41, 5.74) is -3.41. The minimum atomic E-state index is -4.90. The summed E-state index contributed by atoms with van der Waals surface area (Å²) in [7, 11) is -3.01. The van der Waals surface area contributed by atoms with Crippen LogP contribution in [0.25, 0.3) is 11.1 Å². The fourth-order valence-corrected chi connectivity index (χ4v) is 7.21. The Hall–Kier alpha value is -5.81. The number of nitrogens with one attached hydrogen (secondary N) is 3. The van der Waals surface area contributed by atoms with E-state index in [-0.39, 0.29) is 15.1 Å². The van der Waals surface area contributed by atoms with Crippen molar-refractivity contribution >= 4 is 62.5 Å². The number of β-lactam (4-membered cyclic amide) rings is 1. The lowest BCUT2D eigenvalue weighted by Crippen LogP contribution is -2.71. The highest BCUT2D eigenvalue weighted by molar-refractivity contribution is 7.84. The average Bonchev–Trinajstić information content (AvgIpc) is 3.74. The number of thiazole rings is 1. The molecule has 1 unspecified atom stereocenters. The van der Waals surface area contributed by atoms with Gasteiger partial charge in [0.15, 0.2) is 17.9 Å². The minimum Gasteiger partial charge on any atom is -0.489 e. The van der Waals surface area contributed by atoms with Crippen LogP contribution in [0.15, 0.2) is 47.2 Å². The van der Waals surface area contributed by atoms with Crippen LogP contribution in [-0.2, 0) is 57.3 Å². The van der Waals surface area contributed by atoms with Gasteiger partial charge < -0.3 is 34.4 Å². The highest BCUT2D eigenvalue weighted by atomic mass is 32.2. The summed E-state index contributed by atoms with van der Waals surface area (Å²) in [4.78, 5) is 74.7. The van der Waals surface area contributed by atoms with Crippen molar-refractivity contribution in [2.75, 3.05) is 18.5 Å². The van der Waals surface area contributed by atoms with Gasteiger partial charge in [0.25, 0.3) is 17.4 Å². The SMILES string of the molecule is C[C@@H]1[C@H](NC(=O)/C(=N\OC(C)(COc2ccc(-c3cn(CCCNC(=O)OC(C)(C)C)[n+](C)c3)cc2)C(=O)OC(C)(C)C)c2csc(NC(=O)OC(C)(C)C)n2)C(=O)N1S(=O)(=O)O. The largest absolute Gasteiger partial charge is 0.489 e. The molecule has 21 nitrogen and oxygen atoms in total. The lowest BCUT2D eigenvalue weighted by atomic mass is 10.0. The molecule has 1 saturated heterocycles. The van der Waals surface area contributed by atoms with Gasteiger partial charge >= 0.3 is 28.5 Å². The number of rotatable bonds is 16. The number of ether oxygens (including phenoxy) is 4. The van der Waals surface area contributed by atoms with Crippen LogP contribution in [0, 0.1) is 0 Å². The topological polar surface area (TPSA) is 259 Å². The summed E-state index contributed by atoms with van der Waals surface area (Å²) in [5.74, 6) is -2.76. The third-order valence-corrected chi connectivity index (χ3v) is 10.3. The number of amides is 4. The van der Waals surface area contributed by atoms with Gasteiger partial charge in [-0.15, -0.1) is 16.0 Å². The Bertz CT molecular complexity index is 2310. The maximum absolute atomic E-state index is 13.8. The van der Waals surface area contributed by atoms with E-state index in [1.807, 2.05) is 40.9 Å². The molecule has 63 heavy (non-hydrogen) atoms. The second kappa shape index (κ2) is 19.3. The number of aromatic nitrogens is 3. The third-order valence-electron chi connectivity index (χ3n) is 8.56. The number of anilines is 1. The van der Waals surface area contributed by atoms with Crippen molar-refractivity contribution in [2.45, 2.75) is 124 Å². The molecule has 1 aromatic carbocycles. The lowest BCUT2D eigenvalue weighted by Gasteiger charge is -2.42. The second-order valence-electron chi connectivity index (χ2n) is 17.8. The molecule has 23 heteroatoms. The predicted octanol–water partition coefficient (Wildman–Crippen LogP) is 4.12. The number of carbonyl (C=O) groups is 5. The number of esters is 1. The molecule has 4 N–H and O–H groups in total. The van der Waals surface area contributed by atoms with Crippen molar-refractivity contribution in [3.63, 3.8) is 0 Å². The van der Waals surface area contributed by atoms with Gasteiger partial charge in [0, 0.05) is 11.9 Å². The van der Waals surface area contributed by atoms with Gasteiger partial charge in [-0.25, -0.2) is 23.7 Å². The molecule has 1 aliphatic heterocycles. The number of hydrogen-bond donors (Lipinski definition) is 4. The van der Waals surface area contributed by atoms with Gasteiger partial charge in [0.05, 0.1) is 24.3 Å². The smallest absolute Gasteiger partial charge is 0.413 e. The normalized spacial score (nSPS) is 16.9. The molecule has 1 fully saturated rings. The molecule has 3 atom stereocenters. The van der Waals surface area contributed by atoms with Gasteiger partial charge in [-0.1, -0.05) is 17.3 Å². The van der Waals surface area contributed by atoms with Gasteiger partial charge in [-0.2, -0.15) is 13.1 Å². The van der Waals surface area contributed by atoms with E-state index in [4.69, 9.17) is 23.8 Å². The fraction of sp³-hybridized carbons (Fsp3) is 0.550. The number of oxime groups is 1. The first-order valence-electron chi connectivity index (χ1n) is 19.8. The summed E-state index contributed by atoms with van der Waals surface area (Å²) >= 11 is 0.892. The molecule has 3 heterocycles. The van der Waals surface area contributed by atoms with E-state index in [2.05, 4.69) is 26.1 Å². The van der Waals surface area contributed by atoms with Gasteiger partial charge in [0.2, 0.25) is 6.20 Å². The first-order chi connectivity index (χ1) is 28.9. The maximum atomic E-state index is 13.8. The quantitative estimate of drug-likeness (QED) is 0.0231. The Kier molecular flexibility index (Phi) is 15.3. The minimum absolute atomic E-state index is 0.00927. The second-order valence-corrected chi connectivity index (χ2v) is 19.9. The zero-order valence-electron chi connectivity index (χ0n) is 37.4. The highest BCUT2D eigenvalue weighted by Crippen LogP contribution is 2.27. The predicted molar refractivity (Wildman–Crippen MR) is 229 cm³/mol. The molecular formula is C40H57N8O13S2+. The van der Waals surface area contributed by atoms with Crippen LogP contribution in [0.5, 0.6) is 5.75 Å². The Morgan fingerprint density at radius 1 is 0.921 bits per heavy atom. The number of alkyl carbamates (subject to hydrolysis) is 1. The van der Waals surface area contributed by atoms with E-state index in [1.54, 1.807) is 74.4 Å². The van der Waals surface area contributed by atoms with E-state index in [1.165, 1.54) is 19.2 Å². The fourth-order valence-electron chi connectivity index (χ4n) is 5.65. The Morgan fingerprint density at radius 3 is 2.10 bits per heavy atom. The molecule has 4 amide bonds. The summed E-state index contributed by atoms with van der Waals surface area (Å²) in [5, 5.41) is 12.9. The summed E-state index contributed by atoms with van der Waals surface area (Å²) < 4.78 is 59.2. The highest BCUT2D eigenvalue weighted by Gasteiger charge is 2.52. The number of nitrogens with zero attached hydrogens (tertiary/aromatic N) is 5. The molecule has 0 spiro atoms. The van der Waals surface area contributed by atoms with Crippen LogP contribution >= 0.6 is 11.3 Å². The number of benzene rings is 1. The van der Waals surface area contributed by atoms with Crippen molar-refractivity contribution in [2.24, 2.45) is 12.2 Å². The van der Waals surface area contributed by atoms with Gasteiger partial charge in [-0.3, -0.25) is 19.5 Å². The van der Waals surface area contributed by atoms with Gasteiger partial charge in [0.1, 0.15) is 40.9 Å². The van der Waals surface area contributed by atoms with Crippen LogP contribution in [0.3, 0.4) is 0 Å². The zero-order chi connectivity index (χ0) is 47.3. The summed E-state index contributed by atoms with van der Waals surface area (Å²) in [6, 6.07) is 4.45. The molecule has 0 bridgehead atoms. The summed E-state index contributed by atoms with van der Waals surface area (Å²) in [6.45, 7) is 18.5. The Morgan fingerprint density at radius 2 is 1.52 bits per heavy atom. The van der Waals surface area contributed by atoms with Crippen LogP contribution in [0.1, 0.15) is 88.3 Å². The zero-order valence-corrected chi connectivity index (χ0v) is 39.1. The van der Waals surface area contributed by atoms with Crippen molar-refractivity contribution < 1.29 is 65.4 Å². The molecule has 346 valence electrons. The standard InChI is InChI=1S/C40H56N8O13S2/c1-24-29(32(50)48(24)63(54,55)56)43-31(49)30(28-22-62-34(42-28)44-36(53)60-39(8,9)10)45-61-40(11,33(51)58-37(2,3)4)23-57-27-16-14-25(15-17-27)26-20-46(12)47(21-26)19-13-18-41-35(52)59-38(5,6)7/h14-17,20-22,24,29H,13,18-19,23H2,1-12H3,(H3-,41,42,43,44,49,52,53,54,55,56)/p+1/b45-30-/t24-,29+,40?/m1/s1. The van der Waals surface area contributed by atoms with Crippen LogP contribution < -0.4 is 25.4 Å². The monoisotopic (exact) mass is 921 g/mol. The van der Waals surface area contributed by atoms with E-state index < -0.39 is 87.1 Å². The first kappa shape index (κ1) is 49.8. The number of carbonyl (C=O) groups excluding carboxylic acids is 5. The molecule has 0 saturated carbocycles. The maximum Gasteiger partial charge on any atom is 0.413 e. The molecular weight excluding hydrogens is 865 g/mol. The van der Waals surface area contributed by atoms with E-state index >= 15 is 0 Å². The van der Waals surface area contributed by atoms with E-state index in [0.29, 0.717) is 25.3 Å². The Balaban J connectivity index is 1.55. The van der Waals surface area contributed by atoms with Crippen molar-refractivity contribution in [1.29, 1.82) is 0 Å². The van der Waals surface area contributed by atoms with Crippen LogP contribution in [-0.4, -0.2) is 110 Å². The number of aryl methyl sites for hydroxylation is 2. The van der Waals surface area contributed by atoms with E-state index in [9.17, 15) is 36.9 Å². The molecule has 1 aliphatic rings. The Labute approximate surface area is 370 Å². The molecule has 3 aromatic rings. The van der Waals surface area contributed by atoms with Crippen molar-refractivity contribution in [3.8, 4) is 16.9 Å². The van der Waals surface area contributed by atoms with Crippen LogP contribution in [0.2, 0.25) is 0 Å². The van der Waals surface area contributed by atoms with E-state index in [0.717, 1.165) is 22.5 Å². The average molecular weight is 922 g/mol.